The second-order valence-corrected chi connectivity index (χ2v) is 2.38. The van der Waals surface area contributed by atoms with Crippen molar-refractivity contribution >= 4 is 17.3 Å². The number of nitriles is 1. The molecule has 1 aromatic carbocycles. The Hall–Kier alpha value is -1.40. The molecule has 0 aliphatic heterocycles. The molecule has 0 aliphatic carbocycles. The third-order valence-corrected chi connectivity index (χ3v) is 1.59. The molecule has 0 saturated heterocycles. The van der Waals surface area contributed by atoms with Gasteiger partial charge in [0.15, 0.2) is 5.75 Å². The topological polar surface area (TPSA) is 70.0 Å². The highest BCUT2D eigenvalue weighted by Gasteiger charge is 2.07. The molecule has 3 N–H and O–H groups in total. The van der Waals surface area contributed by atoms with Crippen LogP contribution in [0.15, 0.2) is 12.1 Å². The van der Waals surface area contributed by atoms with Gasteiger partial charge in [0.1, 0.15) is 11.6 Å². The molecule has 0 aromatic heterocycles. The van der Waals surface area contributed by atoms with E-state index in [0.29, 0.717) is 0 Å². The van der Waals surface area contributed by atoms with Crippen LogP contribution in [0, 0.1) is 11.3 Å². The lowest BCUT2D eigenvalue weighted by atomic mass is 10.2. The van der Waals surface area contributed by atoms with E-state index < -0.39 is 0 Å². The lowest BCUT2D eigenvalue weighted by Gasteiger charge is -2.00. The zero-order valence-corrected chi connectivity index (χ0v) is 6.26. The van der Waals surface area contributed by atoms with Crippen LogP contribution in [0.5, 0.6) is 5.75 Å². The molecule has 0 amide bonds. The maximum absolute atomic E-state index is 9.15. The van der Waals surface area contributed by atoms with Gasteiger partial charge in [-0.05, 0) is 12.1 Å². The van der Waals surface area contributed by atoms with Crippen molar-refractivity contribution in [1.29, 1.82) is 5.26 Å². The first-order valence-electron chi connectivity index (χ1n) is 2.84. The fourth-order valence-electron chi connectivity index (χ4n) is 0.689. The highest BCUT2D eigenvalue weighted by Crippen LogP contribution is 2.29. The van der Waals surface area contributed by atoms with E-state index in [1.807, 2.05) is 0 Å². The molecule has 0 fully saturated rings. The largest absolute Gasteiger partial charge is 0.504 e. The minimum atomic E-state index is -0.250. The Morgan fingerprint density at radius 1 is 1.55 bits per heavy atom. The number of halogens is 1. The number of nitrogens with two attached hydrogens (primary N) is 1. The molecule has 56 valence electrons. The average Bonchev–Trinajstić information content (AvgIpc) is 1.99. The molecule has 0 heterocycles. The molecular formula is C7H5ClN2O. The Morgan fingerprint density at radius 3 is 2.64 bits per heavy atom. The maximum Gasteiger partial charge on any atom is 0.157 e. The molecule has 4 heteroatoms. The van der Waals surface area contributed by atoms with Gasteiger partial charge in [0.05, 0.1) is 10.7 Å². The SMILES string of the molecule is N#Cc1c(Cl)ccc(N)c1O. The molecule has 0 aliphatic rings. The number of benzene rings is 1. The molecule has 0 atom stereocenters. The van der Waals surface area contributed by atoms with Gasteiger partial charge in [-0.1, -0.05) is 11.6 Å². The third-order valence-electron chi connectivity index (χ3n) is 1.27. The molecule has 0 saturated carbocycles. The first kappa shape index (κ1) is 7.70. The average molecular weight is 169 g/mol. The van der Waals surface area contributed by atoms with Gasteiger partial charge in [0.25, 0.3) is 0 Å². The second-order valence-electron chi connectivity index (χ2n) is 1.97. The molecule has 0 radical (unpaired) electrons. The third kappa shape index (κ3) is 1.21. The lowest BCUT2D eigenvalue weighted by molar-refractivity contribution is 0.476. The maximum atomic E-state index is 9.15. The summed E-state index contributed by atoms with van der Waals surface area (Å²) in [5.74, 6) is -0.250. The van der Waals surface area contributed by atoms with Crippen molar-refractivity contribution in [3.8, 4) is 11.8 Å². The van der Waals surface area contributed by atoms with E-state index in [4.69, 9.17) is 27.7 Å². The normalized spacial score (nSPS) is 9.09. The van der Waals surface area contributed by atoms with Gasteiger partial charge < -0.3 is 10.8 Å². The molecule has 0 spiro atoms. The predicted octanol–water partition coefficient (Wildman–Crippen LogP) is 1.50. The number of nitrogens with zero attached hydrogens (tertiary/aromatic N) is 1. The zero-order chi connectivity index (χ0) is 8.43. The molecular weight excluding hydrogens is 164 g/mol. The van der Waals surface area contributed by atoms with Crippen LogP contribution in [0.1, 0.15) is 5.56 Å². The van der Waals surface area contributed by atoms with Crippen LogP contribution < -0.4 is 5.73 Å². The van der Waals surface area contributed by atoms with Crippen molar-refractivity contribution in [3.63, 3.8) is 0 Å². The Balaban J connectivity index is 3.44. The molecule has 0 bridgehead atoms. The summed E-state index contributed by atoms with van der Waals surface area (Å²) in [5, 5.41) is 17.8. The van der Waals surface area contributed by atoms with Gasteiger partial charge in [-0.2, -0.15) is 5.26 Å². The number of nitrogen functional groups attached to an aromatic ring is 1. The van der Waals surface area contributed by atoms with Gasteiger partial charge in [-0.25, -0.2) is 0 Å². The lowest BCUT2D eigenvalue weighted by Crippen LogP contribution is -1.88. The predicted molar refractivity (Wildman–Crippen MR) is 42.2 cm³/mol. The Bertz CT molecular complexity index is 330. The van der Waals surface area contributed by atoms with Crippen molar-refractivity contribution in [2.24, 2.45) is 0 Å². The summed E-state index contributed by atoms with van der Waals surface area (Å²) in [6.07, 6.45) is 0. The Morgan fingerprint density at radius 2 is 2.18 bits per heavy atom. The monoisotopic (exact) mass is 168 g/mol. The Labute approximate surface area is 68.6 Å². The minimum Gasteiger partial charge on any atom is -0.504 e. The molecule has 1 rings (SSSR count). The zero-order valence-electron chi connectivity index (χ0n) is 5.50. The minimum absolute atomic E-state index is 0.0201. The van der Waals surface area contributed by atoms with E-state index in [1.54, 1.807) is 6.07 Å². The van der Waals surface area contributed by atoms with Gasteiger partial charge in [-0.15, -0.1) is 0 Å². The smallest absolute Gasteiger partial charge is 0.157 e. The summed E-state index contributed by atoms with van der Waals surface area (Å²) in [7, 11) is 0. The number of hydrogen-bond donors (Lipinski definition) is 2. The molecule has 3 nitrogen and oxygen atoms in total. The highest BCUT2D eigenvalue weighted by atomic mass is 35.5. The number of phenols is 1. The van der Waals surface area contributed by atoms with E-state index in [-0.39, 0.29) is 22.0 Å². The first-order chi connectivity index (χ1) is 5.16. The summed E-state index contributed by atoms with van der Waals surface area (Å²) >= 11 is 5.56. The fraction of sp³-hybridized carbons (Fsp3) is 0. The molecule has 0 unspecified atom stereocenters. The number of aromatic hydroxyl groups is 1. The standard InChI is InChI=1S/C7H5ClN2O/c8-5-1-2-6(10)7(11)4(5)3-9/h1-2,11H,10H2. The van der Waals surface area contributed by atoms with Crippen molar-refractivity contribution in [2.45, 2.75) is 0 Å². The number of anilines is 1. The summed E-state index contributed by atoms with van der Waals surface area (Å²) < 4.78 is 0. The van der Waals surface area contributed by atoms with Gasteiger partial charge in [-0.3, -0.25) is 0 Å². The second kappa shape index (κ2) is 2.69. The number of phenolic OH excluding ortho intramolecular Hbond substituents is 1. The first-order valence-corrected chi connectivity index (χ1v) is 3.21. The number of rotatable bonds is 0. The van der Waals surface area contributed by atoms with Gasteiger partial charge in [0.2, 0.25) is 0 Å². The quantitative estimate of drug-likeness (QED) is 0.456. The fourth-order valence-corrected chi connectivity index (χ4v) is 0.884. The van der Waals surface area contributed by atoms with Crippen LogP contribution in [-0.2, 0) is 0 Å². The van der Waals surface area contributed by atoms with Gasteiger partial charge >= 0.3 is 0 Å². The van der Waals surface area contributed by atoms with Crippen LogP contribution in [0.3, 0.4) is 0 Å². The highest BCUT2D eigenvalue weighted by molar-refractivity contribution is 6.32. The van der Waals surface area contributed by atoms with E-state index in [1.165, 1.54) is 12.1 Å². The van der Waals surface area contributed by atoms with Crippen LogP contribution in [0.25, 0.3) is 0 Å². The van der Waals surface area contributed by atoms with Crippen LogP contribution in [0.2, 0.25) is 5.02 Å². The van der Waals surface area contributed by atoms with E-state index in [9.17, 15) is 0 Å². The summed E-state index contributed by atoms with van der Waals surface area (Å²) in [4.78, 5) is 0. The van der Waals surface area contributed by atoms with E-state index >= 15 is 0 Å². The summed E-state index contributed by atoms with van der Waals surface area (Å²) in [5.41, 5.74) is 5.48. The van der Waals surface area contributed by atoms with Gasteiger partial charge in [0, 0.05) is 0 Å². The van der Waals surface area contributed by atoms with Crippen LogP contribution in [0.4, 0.5) is 5.69 Å². The molecule has 1 aromatic rings. The summed E-state index contributed by atoms with van der Waals surface area (Å²) in [6.45, 7) is 0. The van der Waals surface area contributed by atoms with E-state index in [2.05, 4.69) is 0 Å². The van der Waals surface area contributed by atoms with Crippen LogP contribution >= 0.6 is 11.6 Å². The van der Waals surface area contributed by atoms with Crippen molar-refractivity contribution in [2.75, 3.05) is 5.73 Å². The van der Waals surface area contributed by atoms with Crippen molar-refractivity contribution in [3.05, 3.63) is 22.7 Å². The van der Waals surface area contributed by atoms with Crippen molar-refractivity contribution < 1.29 is 5.11 Å². The van der Waals surface area contributed by atoms with Crippen LogP contribution in [-0.4, -0.2) is 5.11 Å². The number of hydrogen-bond acceptors (Lipinski definition) is 3. The van der Waals surface area contributed by atoms with Crippen molar-refractivity contribution in [1.82, 2.24) is 0 Å². The molecule has 11 heavy (non-hydrogen) atoms. The summed E-state index contributed by atoms with van der Waals surface area (Å²) in [6, 6.07) is 4.65. The van der Waals surface area contributed by atoms with E-state index in [0.717, 1.165) is 0 Å². The Kier molecular flexibility index (Phi) is 1.88.